The van der Waals surface area contributed by atoms with Crippen LogP contribution in [0.5, 0.6) is 34.5 Å². The van der Waals surface area contributed by atoms with Crippen molar-refractivity contribution in [2.45, 2.75) is 25.6 Å². The van der Waals surface area contributed by atoms with Crippen molar-refractivity contribution in [3.05, 3.63) is 59.4 Å². The van der Waals surface area contributed by atoms with Gasteiger partial charge in [-0.15, -0.1) is 0 Å². The van der Waals surface area contributed by atoms with Gasteiger partial charge in [0.1, 0.15) is 17.2 Å². The summed E-state index contributed by atoms with van der Waals surface area (Å²) in [7, 11) is 9.89. The second-order valence-corrected chi connectivity index (χ2v) is 8.29. The smallest absolute Gasteiger partial charge is 0.203 e. The number of rotatable bonds is 9. The molecular weight excluding hydrogens is 448 g/mol. The average Bonchev–Trinajstić information content (AvgIpc) is 3.28. The van der Waals surface area contributed by atoms with Crippen molar-refractivity contribution in [1.29, 1.82) is 0 Å². The van der Waals surface area contributed by atoms with E-state index in [1.54, 1.807) is 42.7 Å². The summed E-state index contributed by atoms with van der Waals surface area (Å²) >= 11 is 0. The largest absolute Gasteiger partial charge is 0.496 e. The Morgan fingerprint density at radius 2 is 1.43 bits per heavy atom. The van der Waals surface area contributed by atoms with Gasteiger partial charge in [-0.2, -0.15) is 0 Å². The van der Waals surface area contributed by atoms with Gasteiger partial charge >= 0.3 is 0 Å². The normalized spacial score (nSPS) is 15.7. The van der Waals surface area contributed by atoms with Crippen molar-refractivity contribution < 1.29 is 28.4 Å². The monoisotopic (exact) mass is 482 g/mol. The number of ether oxygens (including phenoxy) is 6. The summed E-state index contributed by atoms with van der Waals surface area (Å²) in [5.74, 6) is 3.99. The van der Waals surface area contributed by atoms with Gasteiger partial charge in [-0.05, 0) is 30.7 Å². The van der Waals surface area contributed by atoms with Gasteiger partial charge in [0.05, 0.1) is 54.3 Å². The van der Waals surface area contributed by atoms with Gasteiger partial charge in [-0.1, -0.05) is 0 Å². The van der Waals surface area contributed by atoms with Crippen molar-refractivity contribution in [3.8, 4) is 34.5 Å². The molecule has 8 heteroatoms. The minimum Gasteiger partial charge on any atom is -0.496 e. The number of fused-ring (bicyclic) bond motifs is 1. The van der Waals surface area contributed by atoms with Crippen LogP contribution in [0.25, 0.3) is 0 Å². The Kier molecular flexibility index (Phi) is 7.60. The van der Waals surface area contributed by atoms with E-state index in [9.17, 15) is 0 Å². The molecule has 0 aliphatic carbocycles. The highest BCUT2D eigenvalue weighted by molar-refractivity contribution is 5.58. The topological polar surface area (TPSA) is 63.6 Å². The van der Waals surface area contributed by atoms with Crippen LogP contribution >= 0.6 is 0 Å². The third-order valence-electron chi connectivity index (χ3n) is 6.56. The third-order valence-corrected chi connectivity index (χ3v) is 6.56. The quantitative estimate of drug-likeness (QED) is 0.444. The minimum absolute atomic E-state index is 0.0984. The highest BCUT2D eigenvalue weighted by atomic mass is 16.5. The number of benzene rings is 2. The predicted molar refractivity (Wildman–Crippen MR) is 133 cm³/mol. The first kappa shape index (κ1) is 24.6. The highest BCUT2D eigenvalue weighted by Gasteiger charge is 2.33. The van der Waals surface area contributed by atoms with Gasteiger partial charge in [0, 0.05) is 49.2 Å². The number of nitrogens with zero attached hydrogens (tertiary/aromatic N) is 2. The minimum atomic E-state index is -0.0984. The van der Waals surface area contributed by atoms with Crippen LogP contribution in [-0.4, -0.2) is 58.7 Å². The van der Waals surface area contributed by atoms with E-state index >= 15 is 0 Å². The molecule has 8 nitrogen and oxygen atoms in total. The summed E-state index contributed by atoms with van der Waals surface area (Å²) in [6, 6.07) is 11.9. The molecule has 1 aliphatic heterocycles. The molecular formula is C27H34N2O6. The van der Waals surface area contributed by atoms with E-state index in [0.29, 0.717) is 29.5 Å². The fourth-order valence-electron chi connectivity index (χ4n) is 4.94. The Morgan fingerprint density at radius 1 is 0.743 bits per heavy atom. The fourth-order valence-corrected chi connectivity index (χ4v) is 4.94. The van der Waals surface area contributed by atoms with Crippen molar-refractivity contribution in [2.75, 3.05) is 49.2 Å². The SMILES string of the molecule is COc1cc(OC)c(CN2CCCn3cccc3C2c2ccc(OC)c(OC)c2OC)c(OC)c1. The summed E-state index contributed by atoms with van der Waals surface area (Å²) in [6.07, 6.45) is 3.13. The molecule has 0 N–H and O–H groups in total. The summed E-state index contributed by atoms with van der Waals surface area (Å²) < 4.78 is 36.4. The maximum Gasteiger partial charge on any atom is 0.203 e. The lowest BCUT2D eigenvalue weighted by molar-refractivity contribution is 0.208. The third kappa shape index (κ3) is 4.58. The van der Waals surface area contributed by atoms with Gasteiger partial charge in [-0.3, -0.25) is 4.90 Å². The zero-order valence-corrected chi connectivity index (χ0v) is 21.3. The number of hydrogen-bond donors (Lipinski definition) is 0. The average molecular weight is 483 g/mol. The van der Waals surface area contributed by atoms with E-state index in [1.807, 2.05) is 18.2 Å². The molecule has 1 aliphatic rings. The highest BCUT2D eigenvalue weighted by Crippen LogP contribution is 2.47. The second kappa shape index (κ2) is 10.8. The molecule has 35 heavy (non-hydrogen) atoms. The van der Waals surface area contributed by atoms with Crippen LogP contribution in [-0.2, 0) is 13.1 Å². The maximum atomic E-state index is 5.91. The van der Waals surface area contributed by atoms with Gasteiger partial charge in [0.15, 0.2) is 11.5 Å². The van der Waals surface area contributed by atoms with Crippen LogP contribution in [0.1, 0.15) is 29.3 Å². The molecule has 4 rings (SSSR count). The molecule has 0 saturated carbocycles. The van der Waals surface area contributed by atoms with E-state index in [1.165, 1.54) is 5.69 Å². The van der Waals surface area contributed by atoms with E-state index in [-0.39, 0.29) is 6.04 Å². The Balaban J connectivity index is 1.87. The Morgan fingerprint density at radius 3 is 2.03 bits per heavy atom. The number of methoxy groups -OCH3 is 6. The van der Waals surface area contributed by atoms with Gasteiger partial charge in [-0.25, -0.2) is 0 Å². The molecule has 0 spiro atoms. The molecule has 1 aromatic heterocycles. The van der Waals surface area contributed by atoms with Crippen LogP contribution in [0.3, 0.4) is 0 Å². The first-order valence-electron chi connectivity index (χ1n) is 11.6. The summed E-state index contributed by atoms with van der Waals surface area (Å²) in [6.45, 7) is 2.40. The number of hydrogen-bond acceptors (Lipinski definition) is 7. The summed E-state index contributed by atoms with van der Waals surface area (Å²) in [5.41, 5.74) is 3.14. The van der Waals surface area contributed by atoms with E-state index in [4.69, 9.17) is 28.4 Å². The lowest BCUT2D eigenvalue weighted by atomic mass is 9.98. The van der Waals surface area contributed by atoms with Crippen LogP contribution in [0.15, 0.2) is 42.6 Å². The molecule has 3 aromatic rings. The second-order valence-electron chi connectivity index (χ2n) is 8.29. The van der Waals surface area contributed by atoms with Crippen LogP contribution in [0.4, 0.5) is 0 Å². The van der Waals surface area contributed by atoms with Gasteiger partial charge in [0.25, 0.3) is 0 Å². The molecule has 2 heterocycles. The van der Waals surface area contributed by atoms with Gasteiger partial charge < -0.3 is 33.0 Å². The molecule has 1 atom stereocenters. The van der Waals surface area contributed by atoms with Crippen LogP contribution in [0, 0.1) is 0 Å². The zero-order chi connectivity index (χ0) is 24.9. The van der Waals surface area contributed by atoms with E-state index in [2.05, 4.69) is 33.9 Å². The molecule has 0 radical (unpaired) electrons. The number of aryl methyl sites for hydroxylation is 1. The first-order chi connectivity index (χ1) is 17.1. The van der Waals surface area contributed by atoms with Crippen molar-refractivity contribution in [3.63, 3.8) is 0 Å². The lowest BCUT2D eigenvalue weighted by Crippen LogP contribution is -2.30. The lowest BCUT2D eigenvalue weighted by Gasteiger charge is -2.33. The van der Waals surface area contributed by atoms with Crippen LogP contribution in [0.2, 0.25) is 0 Å². The molecule has 0 bridgehead atoms. The van der Waals surface area contributed by atoms with E-state index < -0.39 is 0 Å². The molecule has 0 saturated heterocycles. The summed E-state index contributed by atoms with van der Waals surface area (Å²) in [4.78, 5) is 2.43. The standard InChI is InChI=1S/C27H34N2O6/c1-30-18-15-23(32-3)20(24(16-18)33-4)17-29-14-8-13-28-12-7-9-21(28)25(29)19-10-11-22(31-2)27(35-6)26(19)34-5/h7,9-12,15-16,25H,8,13-14,17H2,1-6H3. The maximum absolute atomic E-state index is 5.91. The Hall–Kier alpha value is -3.52. The van der Waals surface area contributed by atoms with E-state index in [0.717, 1.165) is 42.1 Å². The van der Waals surface area contributed by atoms with Crippen LogP contribution < -0.4 is 28.4 Å². The molecule has 1 unspecified atom stereocenters. The van der Waals surface area contributed by atoms with Crippen molar-refractivity contribution >= 4 is 0 Å². The Labute approximate surface area is 206 Å². The van der Waals surface area contributed by atoms with Gasteiger partial charge in [0.2, 0.25) is 5.75 Å². The van der Waals surface area contributed by atoms with Crippen molar-refractivity contribution in [2.24, 2.45) is 0 Å². The van der Waals surface area contributed by atoms with Crippen molar-refractivity contribution in [1.82, 2.24) is 9.47 Å². The zero-order valence-electron chi connectivity index (χ0n) is 21.3. The predicted octanol–water partition coefficient (Wildman–Crippen LogP) is 4.54. The number of aromatic nitrogens is 1. The first-order valence-corrected chi connectivity index (χ1v) is 11.6. The molecule has 188 valence electrons. The molecule has 0 fully saturated rings. The fraction of sp³-hybridized carbons (Fsp3) is 0.407. The Bertz CT molecular complexity index is 1130. The molecule has 0 amide bonds. The molecule has 2 aromatic carbocycles. The summed E-state index contributed by atoms with van der Waals surface area (Å²) in [5, 5.41) is 0.